The van der Waals surface area contributed by atoms with E-state index in [4.69, 9.17) is 0 Å². The third-order valence-corrected chi connectivity index (χ3v) is 18.6. The lowest BCUT2D eigenvalue weighted by molar-refractivity contribution is 1.15. The van der Waals surface area contributed by atoms with Crippen molar-refractivity contribution in [2.45, 2.75) is 0 Å². The molecule has 0 bridgehead atoms. The Labute approximate surface area is 382 Å². The van der Waals surface area contributed by atoms with Crippen molar-refractivity contribution in [2.75, 3.05) is 0 Å². The number of para-hydroxylation sites is 3. The van der Waals surface area contributed by atoms with Crippen molar-refractivity contribution in [1.82, 2.24) is 13.7 Å². The zero-order valence-electron chi connectivity index (χ0n) is 35.9. The summed E-state index contributed by atoms with van der Waals surface area (Å²) < 4.78 is 7.23. The van der Waals surface area contributed by atoms with Gasteiger partial charge in [-0.3, -0.25) is 0 Å². The van der Waals surface area contributed by atoms with Crippen LogP contribution in [0.3, 0.4) is 0 Å². The third kappa shape index (κ3) is 5.56. The highest BCUT2D eigenvalue weighted by Gasteiger charge is 2.41. The molecule has 0 spiro atoms. The summed E-state index contributed by atoms with van der Waals surface area (Å²) in [5.74, 6) is 0. The van der Waals surface area contributed by atoms with E-state index in [2.05, 4.69) is 250 Å². The summed E-state index contributed by atoms with van der Waals surface area (Å²) in [6, 6.07) is 91.1. The second-order valence-corrected chi connectivity index (χ2v) is 21.0. The van der Waals surface area contributed by atoms with Gasteiger partial charge in [-0.2, -0.15) is 5.26 Å². The normalized spacial score (nSPS) is 11.9. The molecule has 13 aromatic rings. The largest absolute Gasteiger partial charge is 0.309 e. The summed E-state index contributed by atoms with van der Waals surface area (Å²) in [7, 11) is -2.77. The predicted octanol–water partition coefficient (Wildman–Crippen LogP) is 12.2. The molecule has 0 aliphatic heterocycles. The maximum absolute atomic E-state index is 9.80. The number of fused-ring (bicyclic) bond motifs is 9. The summed E-state index contributed by atoms with van der Waals surface area (Å²) in [6.07, 6.45) is 0. The highest BCUT2D eigenvalue weighted by molar-refractivity contribution is 7.19. The Bertz CT molecular complexity index is 3960. The van der Waals surface area contributed by atoms with E-state index in [0.717, 1.165) is 55.4 Å². The van der Waals surface area contributed by atoms with E-state index >= 15 is 0 Å². The van der Waals surface area contributed by atoms with Crippen LogP contribution in [-0.2, 0) is 0 Å². The van der Waals surface area contributed by atoms with Gasteiger partial charge in [0.15, 0.2) is 8.07 Å². The molecule has 66 heavy (non-hydrogen) atoms. The number of hydrogen-bond acceptors (Lipinski definition) is 1. The van der Waals surface area contributed by atoms with Crippen LogP contribution in [0.2, 0.25) is 0 Å². The van der Waals surface area contributed by atoms with Crippen molar-refractivity contribution >= 4 is 94.2 Å². The molecule has 3 heterocycles. The molecule has 0 saturated heterocycles. The van der Waals surface area contributed by atoms with Gasteiger partial charge in [0.2, 0.25) is 0 Å². The Balaban J connectivity index is 1.03. The molecule has 0 saturated carbocycles. The van der Waals surface area contributed by atoms with Crippen molar-refractivity contribution in [2.24, 2.45) is 0 Å². The molecule has 0 unspecified atom stereocenters. The fourth-order valence-corrected chi connectivity index (χ4v) is 15.8. The van der Waals surface area contributed by atoms with Gasteiger partial charge in [-0.05, 0) is 99.6 Å². The molecule has 0 aliphatic carbocycles. The second-order valence-electron chi connectivity index (χ2n) is 17.2. The van der Waals surface area contributed by atoms with Crippen LogP contribution in [0.25, 0.3) is 82.5 Å². The van der Waals surface area contributed by atoms with Gasteiger partial charge in [0.05, 0.1) is 44.7 Å². The predicted molar refractivity (Wildman–Crippen MR) is 278 cm³/mol. The first-order valence-electron chi connectivity index (χ1n) is 22.5. The van der Waals surface area contributed by atoms with Crippen LogP contribution in [0.5, 0.6) is 0 Å². The van der Waals surface area contributed by atoms with Gasteiger partial charge in [-0.25, -0.2) is 0 Å². The Kier molecular flexibility index (Phi) is 8.57. The Hall–Kier alpha value is -8.69. The number of benzene rings is 10. The van der Waals surface area contributed by atoms with Gasteiger partial charge in [0, 0.05) is 49.4 Å². The Morgan fingerprint density at radius 1 is 0.273 bits per heavy atom. The van der Waals surface area contributed by atoms with Crippen molar-refractivity contribution in [3.8, 4) is 23.1 Å². The van der Waals surface area contributed by atoms with E-state index in [-0.39, 0.29) is 0 Å². The van der Waals surface area contributed by atoms with Crippen LogP contribution < -0.4 is 20.7 Å². The highest BCUT2D eigenvalue weighted by atomic mass is 28.3. The van der Waals surface area contributed by atoms with Crippen molar-refractivity contribution in [3.05, 3.63) is 248 Å². The van der Waals surface area contributed by atoms with Gasteiger partial charge < -0.3 is 13.7 Å². The fraction of sp³-hybridized carbons (Fsp3) is 0. The van der Waals surface area contributed by atoms with Gasteiger partial charge >= 0.3 is 0 Å². The first-order valence-corrected chi connectivity index (χ1v) is 24.5. The lowest BCUT2D eigenvalue weighted by Gasteiger charge is -2.34. The van der Waals surface area contributed by atoms with Crippen LogP contribution in [0.4, 0.5) is 0 Å². The minimum Gasteiger partial charge on any atom is -0.309 e. The van der Waals surface area contributed by atoms with E-state index in [0.29, 0.717) is 5.56 Å². The van der Waals surface area contributed by atoms with Gasteiger partial charge in [0.1, 0.15) is 0 Å². The van der Waals surface area contributed by atoms with E-state index in [1.807, 2.05) is 12.1 Å². The van der Waals surface area contributed by atoms with Gasteiger partial charge in [-0.15, -0.1) is 0 Å². The number of hydrogen-bond donors (Lipinski definition) is 0. The smallest absolute Gasteiger partial charge is 0.179 e. The minimum atomic E-state index is -2.77. The molecule has 4 nitrogen and oxygen atoms in total. The Morgan fingerprint density at radius 2 is 0.667 bits per heavy atom. The zero-order chi connectivity index (χ0) is 43.8. The summed E-state index contributed by atoms with van der Waals surface area (Å²) in [6.45, 7) is 0. The molecule has 5 heteroatoms. The molecule has 13 rings (SSSR count). The highest BCUT2D eigenvalue weighted by Crippen LogP contribution is 2.39. The van der Waals surface area contributed by atoms with E-state index in [1.165, 1.54) is 47.8 Å². The standard InChI is InChI=1S/C61H40N4Si/c62-41-42-31-35-59-54(37-42)51-26-11-14-29-57(51)64(59)45-32-34-53-50-25-10-13-28-56(50)65(61(53)40-45)44-33-36-60-55(39-44)52-27-12-15-30-58(52)63(60)43-17-16-24-49(38-43)66(46-18-4-1-5-19-46,47-20-6-2-7-21-47)48-22-8-3-9-23-48/h1-40H. The van der Waals surface area contributed by atoms with Gasteiger partial charge in [-0.1, -0.05) is 164 Å². The van der Waals surface area contributed by atoms with Crippen LogP contribution in [-0.4, -0.2) is 21.8 Å². The average Bonchev–Trinajstić information content (AvgIpc) is 4.02. The molecule has 0 fully saturated rings. The quantitative estimate of drug-likeness (QED) is 0.116. The first-order chi connectivity index (χ1) is 32.7. The second kappa shape index (κ2) is 15.0. The maximum Gasteiger partial charge on any atom is 0.179 e. The Morgan fingerprint density at radius 3 is 1.23 bits per heavy atom. The number of aromatic nitrogens is 3. The molecule has 0 N–H and O–H groups in total. The van der Waals surface area contributed by atoms with Gasteiger partial charge in [0.25, 0.3) is 0 Å². The van der Waals surface area contributed by atoms with Crippen LogP contribution in [0.15, 0.2) is 243 Å². The summed E-state index contributed by atoms with van der Waals surface area (Å²) >= 11 is 0. The monoisotopic (exact) mass is 856 g/mol. The third-order valence-electron chi connectivity index (χ3n) is 13.8. The molecular weight excluding hydrogens is 817 g/mol. The zero-order valence-corrected chi connectivity index (χ0v) is 36.9. The molecule has 0 amide bonds. The minimum absolute atomic E-state index is 0.659. The van der Waals surface area contributed by atoms with Crippen LogP contribution >= 0.6 is 0 Å². The topological polar surface area (TPSA) is 38.6 Å². The number of nitriles is 1. The number of nitrogens with zero attached hydrogens (tertiary/aromatic N) is 4. The van der Waals surface area contributed by atoms with E-state index < -0.39 is 8.07 Å². The van der Waals surface area contributed by atoms with Crippen LogP contribution in [0, 0.1) is 11.3 Å². The summed E-state index contributed by atoms with van der Waals surface area (Å²) in [4.78, 5) is 0. The average molecular weight is 857 g/mol. The molecular formula is C61H40N4Si. The summed E-state index contributed by atoms with van der Waals surface area (Å²) in [5.41, 5.74) is 10.8. The summed E-state index contributed by atoms with van der Waals surface area (Å²) in [5, 5.41) is 22.2. The molecule has 308 valence electrons. The maximum atomic E-state index is 9.80. The SMILES string of the molecule is N#Cc1ccc2c(c1)c1ccccc1n2-c1ccc2c3ccccc3n(-c3ccc4c(c3)c3ccccc3n4-c3cccc([Si](c4ccccc4)(c4ccccc4)c4ccccc4)c3)c2c1. The van der Waals surface area contributed by atoms with E-state index in [1.54, 1.807) is 0 Å². The number of rotatable bonds is 7. The molecule has 0 atom stereocenters. The van der Waals surface area contributed by atoms with Crippen LogP contribution in [0.1, 0.15) is 5.56 Å². The first kappa shape index (κ1) is 37.8. The van der Waals surface area contributed by atoms with Crippen molar-refractivity contribution < 1.29 is 0 Å². The lowest BCUT2D eigenvalue weighted by Crippen LogP contribution is -2.74. The molecule has 0 aliphatic rings. The molecule has 0 radical (unpaired) electrons. The van der Waals surface area contributed by atoms with E-state index in [9.17, 15) is 5.26 Å². The van der Waals surface area contributed by atoms with Crippen molar-refractivity contribution in [1.29, 1.82) is 5.26 Å². The molecule has 10 aromatic carbocycles. The fourth-order valence-electron chi connectivity index (χ4n) is 11.0. The molecule has 3 aromatic heterocycles. The van der Waals surface area contributed by atoms with Crippen molar-refractivity contribution in [3.63, 3.8) is 0 Å². The lowest BCUT2D eigenvalue weighted by atomic mass is 10.1.